The molecule has 2 aromatic rings. The van der Waals surface area contributed by atoms with Crippen molar-refractivity contribution < 1.29 is 4.39 Å². The minimum absolute atomic E-state index is 0.152. The summed E-state index contributed by atoms with van der Waals surface area (Å²) in [6, 6.07) is 8.60. The van der Waals surface area contributed by atoms with Crippen molar-refractivity contribution in [3.05, 3.63) is 42.3 Å². The number of benzene rings is 1. The van der Waals surface area contributed by atoms with Crippen molar-refractivity contribution in [2.45, 2.75) is 17.9 Å². The molecule has 3 nitrogen and oxygen atoms in total. The molecule has 2 rings (SSSR count). The largest absolute Gasteiger partial charge is 0.382 e. The fourth-order valence-electron chi connectivity index (χ4n) is 1.47. The van der Waals surface area contributed by atoms with E-state index >= 15 is 0 Å². The first kappa shape index (κ1) is 12.0. The molecular formula is C12H14FN3S. The number of aryl methyl sites for hydroxylation is 1. The van der Waals surface area contributed by atoms with Crippen LogP contribution in [0.15, 0.2) is 41.4 Å². The Morgan fingerprint density at radius 1 is 1.29 bits per heavy atom. The van der Waals surface area contributed by atoms with Crippen LogP contribution in [-0.2, 0) is 6.54 Å². The highest BCUT2D eigenvalue weighted by Crippen LogP contribution is 2.21. The molecule has 0 aliphatic heterocycles. The lowest BCUT2D eigenvalue weighted by molar-refractivity contribution is 0.599. The van der Waals surface area contributed by atoms with Crippen molar-refractivity contribution in [2.75, 3.05) is 11.5 Å². The second-order valence-electron chi connectivity index (χ2n) is 3.64. The minimum atomic E-state index is -0.152. The fourth-order valence-corrected chi connectivity index (χ4v) is 2.35. The Bertz CT molecular complexity index is 484. The van der Waals surface area contributed by atoms with Gasteiger partial charge in [0.25, 0.3) is 0 Å². The van der Waals surface area contributed by atoms with Gasteiger partial charge >= 0.3 is 0 Å². The molecular weight excluding hydrogens is 237 g/mol. The first-order chi connectivity index (χ1) is 8.25. The number of hydrogen-bond donors (Lipinski definition) is 1. The summed E-state index contributed by atoms with van der Waals surface area (Å²) in [5.74, 6) is 1.24. The molecule has 0 bridgehead atoms. The second-order valence-corrected chi connectivity index (χ2v) is 4.77. The van der Waals surface area contributed by atoms with Crippen LogP contribution < -0.4 is 5.73 Å². The maximum atomic E-state index is 13.3. The Morgan fingerprint density at radius 2 is 2.12 bits per heavy atom. The quantitative estimate of drug-likeness (QED) is 0.656. The Kier molecular flexibility index (Phi) is 4.03. The van der Waals surface area contributed by atoms with Crippen LogP contribution in [0.4, 0.5) is 10.2 Å². The molecule has 1 aromatic carbocycles. The molecule has 90 valence electrons. The summed E-state index contributed by atoms with van der Waals surface area (Å²) < 4.78 is 15.1. The topological polar surface area (TPSA) is 43.8 Å². The number of hydrogen-bond acceptors (Lipinski definition) is 3. The van der Waals surface area contributed by atoms with Gasteiger partial charge in [-0.3, -0.25) is 4.68 Å². The molecule has 0 fully saturated rings. The van der Waals surface area contributed by atoms with Crippen molar-refractivity contribution in [3.63, 3.8) is 0 Å². The lowest BCUT2D eigenvalue weighted by Gasteiger charge is -2.03. The Labute approximate surface area is 104 Å². The van der Waals surface area contributed by atoms with Crippen molar-refractivity contribution in [3.8, 4) is 0 Å². The van der Waals surface area contributed by atoms with Crippen LogP contribution in [-0.4, -0.2) is 15.5 Å². The molecule has 0 unspecified atom stereocenters. The van der Waals surface area contributed by atoms with E-state index in [-0.39, 0.29) is 5.82 Å². The average molecular weight is 251 g/mol. The van der Waals surface area contributed by atoms with E-state index in [0.717, 1.165) is 18.7 Å². The van der Waals surface area contributed by atoms with E-state index in [4.69, 9.17) is 5.73 Å². The maximum Gasteiger partial charge on any atom is 0.145 e. The van der Waals surface area contributed by atoms with E-state index < -0.39 is 0 Å². The molecule has 1 aromatic heterocycles. The lowest BCUT2D eigenvalue weighted by atomic mass is 10.3. The molecule has 0 spiro atoms. The molecule has 0 saturated carbocycles. The predicted octanol–water partition coefficient (Wildman–Crippen LogP) is 2.79. The van der Waals surface area contributed by atoms with Crippen molar-refractivity contribution in [1.29, 1.82) is 0 Å². The zero-order chi connectivity index (χ0) is 12.1. The van der Waals surface area contributed by atoms with Gasteiger partial charge in [0, 0.05) is 17.6 Å². The summed E-state index contributed by atoms with van der Waals surface area (Å²) in [6.07, 6.45) is 2.78. The van der Waals surface area contributed by atoms with Gasteiger partial charge in [0.05, 0.1) is 0 Å². The van der Waals surface area contributed by atoms with Crippen LogP contribution >= 0.6 is 11.8 Å². The van der Waals surface area contributed by atoms with Crippen molar-refractivity contribution in [1.82, 2.24) is 9.78 Å². The smallest absolute Gasteiger partial charge is 0.145 e. The van der Waals surface area contributed by atoms with Gasteiger partial charge in [-0.25, -0.2) is 4.39 Å². The van der Waals surface area contributed by atoms with Crippen LogP contribution in [0.2, 0.25) is 0 Å². The Balaban J connectivity index is 1.75. The molecule has 0 aliphatic rings. The van der Waals surface area contributed by atoms with Gasteiger partial charge < -0.3 is 5.73 Å². The van der Waals surface area contributed by atoms with Gasteiger partial charge in [0.15, 0.2) is 0 Å². The fraction of sp³-hybridized carbons (Fsp3) is 0.250. The van der Waals surface area contributed by atoms with Gasteiger partial charge in [-0.2, -0.15) is 5.10 Å². The molecule has 0 atom stereocenters. The number of rotatable bonds is 5. The number of aromatic nitrogens is 2. The van der Waals surface area contributed by atoms with E-state index in [9.17, 15) is 4.39 Å². The van der Waals surface area contributed by atoms with Crippen LogP contribution in [0.3, 0.4) is 0 Å². The minimum Gasteiger partial charge on any atom is -0.382 e. The summed E-state index contributed by atoms with van der Waals surface area (Å²) in [5.41, 5.74) is 5.51. The predicted molar refractivity (Wildman–Crippen MR) is 68.4 cm³/mol. The third-order valence-corrected chi connectivity index (χ3v) is 3.42. The standard InChI is InChI=1S/C12H14FN3S/c13-10-4-1-2-5-11(10)17-9-3-7-16-8-6-12(14)15-16/h1-2,4-6,8H,3,7,9H2,(H2,14,15). The van der Waals surface area contributed by atoms with Gasteiger partial charge in [-0.05, 0) is 30.4 Å². The van der Waals surface area contributed by atoms with Gasteiger partial charge in [-0.15, -0.1) is 11.8 Å². The first-order valence-corrected chi connectivity index (χ1v) is 6.40. The van der Waals surface area contributed by atoms with E-state index in [1.807, 2.05) is 12.3 Å². The summed E-state index contributed by atoms with van der Waals surface area (Å²) in [7, 11) is 0. The Morgan fingerprint density at radius 3 is 2.82 bits per heavy atom. The number of nitrogens with zero attached hydrogens (tertiary/aromatic N) is 2. The van der Waals surface area contributed by atoms with Crippen LogP contribution in [0.5, 0.6) is 0 Å². The van der Waals surface area contributed by atoms with E-state index in [1.165, 1.54) is 17.8 Å². The molecule has 1 heterocycles. The molecule has 0 amide bonds. The van der Waals surface area contributed by atoms with Gasteiger partial charge in [-0.1, -0.05) is 12.1 Å². The number of thioether (sulfide) groups is 1. The molecule has 17 heavy (non-hydrogen) atoms. The third-order valence-electron chi connectivity index (χ3n) is 2.29. The monoisotopic (exact) mass is 251 g/mol. The number of nitrogen functional groups attached to an aromatic ring is 1. The lowest BCUT2D eigenvalue weighted by Crippen LogP contribution is -2.00. The van der Waals surface area contributed by atoms with Gasteiger partial charge in [0.1, 0.15) is 11.6 Å². The van der Waals surface area contributed by atoms with E-state index in [0.29, 0.717) is 10.7 Å². The molecule has 2 N–H and O–H groups in total. The van der Waals surface area contributed by atoms with E-state index in [2.05, 4.69) is 5.10 Å². The SMILES string of the molecule is Nc1ccn(CCCSc2ccccc2F)n1. The summed E-state index contributed by atoms with van der Waals surface area (Å²) in [5, 5.41) is 4.08. The van der Waals surface area contributed by atoms with Crippen LogP contribution in [0.25, 0.3) is 0 Å². The number of nitrogens with two attached hydrogens (primary N) is 1. The summed E-state index contributed by atoms with van der Waals surface area (Å²) in [6.45, 7) is 0.804. The molecule has 0 radical (unpaired) electrons. The first-order valence-electron chi connectivity index (χ1n) is 5.42. The van der Waals surface area contributed by atoms with Crippen molar-refractivity contribution in [2.24, 2.45) is 0 Å². The normalized spacial score (nSPS) is 10.6. The molecule has 0 aliphatic carbocycles. The van der Waals surface area contributed by atoms with Crippen LogP contribution in [0.1, 0.15) is 6.42 Å². The summed E-state index contributed by atoms with van der Waals surface area (Å²) in [4.78, 5) is 0.701. The highest BCUT2D eigenvalue weighted by Gasteiger charge is 2.01. The average Bonchev–Trinajstić information content (AvgIpc) is 2.73. The molecule has 0 saturated heterocycles. The van der Waals surface area contributed by atoms with E-state index in [1.54, 1.807) is 22.9 Å². The Hall–Kier alpha value is -1.49. The maximum absolute atomic E-state index is 13.3. The highest BCUT2D eigenvalue weighted by atomic mass is 32.2. The van der Waals surface area contributed by atoms with Crippen molar-refractivity contribution >= 4 is 17.6 Å². The zero-order valence-electron chi connectivity index (χ0n) is 9.34. The zero-order valence-corrected chi connectivity index (χ0v) is 10.2. The van der Waals surface area contributed by atoms with Gasteiger partial charge in [0.2, 0.25) is 0 Å². The highest BCUT2D eigenvalue weighted by molar-refractivity contribution is 7.99. The van der Waals surface area contributed by atoms with Crippen LogP contribution in [0, 0.1) is 5.82 Å². The number of anilines is 1. The number of halogens is 1. The third kappa shape index (κ3) is 3.49. The molecule has 5 heteroatoms. The summed E-state index contributed by atoms with van der Waals surface area (Å²) >= 11 is 1.53. The second kappa shape index (κ2) is 5.72.